The molecule has 2 heterocycles. The fraction of sp³-hybridized carbons (Fsp3) is 0.200. The van der Waals surface area contributed by atoms with Gasteiger partial charge in [-0.1, -0.05) is 35.9 Å². The van der Waals surface area contributed by atoms with Gasteiger partial charge in [0.2, 0.25) is 0 Å². The van der Waals surface area contributed by atoms with Gasteiger partial charge in [-0.3, -0.25) is 4.79 Å². The Balaban J connectivity index is 1.62. The van der Waals surface area contributed by atoms with Crippen molar-refractivity contribution in [1.29, 1.82) is 0 Å². The van der Waals surface area contributed by atoms with Gasteiger partial charge in [0.05, 0.1) is 18.3 Å². The van der Waals surface area contributed by atoms with Gasteiger partial charge in [0.1, 0.15) is 11.3 Å². The number of aryl methyl sites for hydroxylation is 2. The molecule has 0 spiro atoms. The molecule has 0 unspecified atom stereocenters. The highest BCUT2D eigenvalue weighted by Crippen LogP contribution is 2.23. The first-order valence-electron chi connectivity index (χ1n) is 10.6. The van der Waals surface area contributed by atoms with E-state index in [1.165, 1.54) is 10.9 Å². The van der Waals surface area contributed by atoms with E-state index in [0.29, 0.717) is 11.6 Å². The molecule has 2 aromatic carbocycles. The summed E-state index contributed by atoms with van der Waals surface area (Å²) in [5, 5.41) is 8.00. The summed E-state index contributed by atoms with van der Waals surface area (Å²) in [5.74, 6) is 0.213. The van der Waals surface area contributed by atoms with Crippen LogP contribution in [0.2, 0.25) is 0 Å². The van der Waals surface area contributed by atoms with Crippen molar-refractivity contribution in [2.45, 2.75) is 20.8 Å². The quantitative estimate of drug-likeness (QED) is 0.429. The lowest BCUT2D eigenvalue weighted by atomic mass is 10.1. The molecule has 0 aliphatic heterocycles. The van der Waals surface area contributed by atoms with Gasteiger partial charge in [0.25, 0.3) is 5.91 Å². The average molecular weight is 444 g/mol. The number of anilines is 1. The van der Waals surface area contributed by atoms with Gasteiger partial charge < -0.3 is 14.8 Å². The van der Waals surface area contributed by atoms with Crippen molar-refractivity contribution in [3.8, 4) is 11.6 Å². The Bertz CT molecular complexity index is 1330. The molecular weight excluding hydrogens is 420 g/mol. The molecule has 0 saturated heterocycles. The molecule has 0 fully saturated rings. The van der Waals surface area contributed by atoms with Crippen LogP contribution in [0.4, 0.5) is 5.82 Å². The Hall–Kier alpha value is -4.20. The molecule has 0 atom stereocenters. The Morgan fingerprint density at radius 1 is 1.06 bits per heavy atom. The van der Waals surface area contributed by atoms with Crippen LogP contribution in [0, 0.1) is 13.8 Å². The lowest BCUT2D eigenvalue weighted by Crippen LogP contribution is -2.23. The standard InChI is InChI=1S/C25H24N4O4/c1-4-32-25(31)19-14-26-29(22-12-10-18-7-5-6-8-20(18)27-22)24(19)28-23(30)15-33-21-11-9-16(2)13-17(21)3/h5-14H,4,15H2,1-3H3,(H,28,30). The molecule has 4 rings (SSSR count). The zero-order chi connectivity index (χ0) is 23.4. The SMILES string of the molecule is CCOC(=O)c1cnn(-c2ccc3ccccc3n2)c1NC(=O)COc1ccc(C)cc1C. The first-order chi connectivity index (χ1) is 16.0. The molecule has 1 N–H and O–H groups in total. The highest BCUT2D eigenvalue weighted by molar-refractivity contribution is 6.01. The lowest BCUT2D eigenvalue weighted by Gasteiger charge is -2.13. The monoisotopic (exact) mass is 444 g/mol. The maximum absolute atomic E-state index is 12.7. The van der Waals surface area contributed by atoms with Crippen LogP contribution in [0.3, 0.4) is 0 Å². The van der Waals surface area contributed by atoms with E-state index < -0.39 is 11.9 Å². The van der Waals surface area contributed by atoms with Crippen LogP contribution in [0.15, 0.2) is 60.8 Å². The van der Waals surface area contributed by atoms with Gasteiger partial charge >= 0.3 is 5.97 Å². The third-order valence-corrected chi connectivity index (χ3v) is 5.01. The van der Waals surface area contributed by atoms with E-state index in [0.717, 1.165) is 22.0 Å². The molecule has 4 aromatic rings. The Morgan fingerprint density at radius 3 is 2.67 bits per heavy atom. The van der Waals surface area contributed by atoms with E-state index in [2.05, 4.69) is 15.4 Å². The molecule has 0 saturated carbocycles. The number of rotatable bonds is 7. The first kappa shape index (κ1) is 22.0. The third kappa shape index (κ3) is 4.85. The number of hydrogen-bond acceptors (Lipinski definition) is 6. The van der Waals surface area contributed by atoms with E-state index >= 15 is 0 Å². The van der Waals surface area contributed by atoms with Gasteiger partial charge in [0, 0.05) is 5.39 Å². The normalized spacial score (nSPS) is 10.8. The van der Waals surface area contributed by atoms with Gasteiger partial charge in [0.15, 0.2) is 18.2 Å². The number of esters is 1. The first-order valence-corrected chi connectivity index (χ1v) is 10.6. The summed E-state index contributed by atoms with van der Waals surface area (Å²) in [5.41, 5.74) is 2.93. The van der Waals surface area contributed by atoms with E-state index in [1.807, 2.05) is 62.4 Å². The van der Waals surface area contributed by atoms with Crippen molar-refractivity contribution in [2.24, 2.45) is 0 Å². The minimum Gasteiger partial charge on any atom is -0.483 e. The number of para-hydroxylation sites is 1. The number of aromatic nitrogens is 3. The number of nitrogens with one attached hydrogen (secondary N) is 1. The fourth-order valence-corrected chi connectivity index (χ4v) is 3.45. The third-order valence-electron chi connectivity index (χ3n) is 5.01. The highest BCUT2D eigenvalue weighted by Gasteiger charge is 2.22. The molecular formula is C25H24N4O4. The van der Waals surface area contributed by atoms with Crippen LogP contribution < -0.4 is 10.1 Å². The number of nitrogens with zero attached hydrogens (tertiary/aromatic N) is 3. The minimum absolute atomic E-state index is 0.131. The molecule has 0 aliphatic rings. The summed E-state index contributed by atoms with van der Waals surface area (Å²) in [7, 11) is 0. The van der Waals surface area contributed by atoms with Crippen LogP contribution in [0.25, 0.3) is 16.7 Å². The summed E-state index contributed by atoms with van der Waals surface area (Å²) >= 11 is 0. The summed E-state index contributed by atoms with van der Waals surface area (Å²) in [4.78, 5) is 29.8. The van der Waals surface area contributed by atoms with Crippen LogP contribution >= 0.6 is 0 Å². The maximum Gasteiger partial charge on any atom is 0.343 e. The number of carbonyl (C=O) groups excluding carboxylic acids is 2. The van der Waals surface area contributed by atoms with E-state index in [9.17, 15) is 9.59 Å². The molecule has 2 aromatic heterocycles. The Labute approximate surface area is 191 Å². The highest BCUT2D eigenvalue weighted by atomic mass is 16.5. The number of pyridine rings is 1. The minimum atomic E-state index is -0.588. The van der Waals surface area contributed by atoms with Gasteiger partial charge in [-0.15, -0.1) is 0 Å². The molecule has 168 valence electrons. The smallest absolute Gasteiger partial charge is 0.343 e. The summed E-state index contributed by atoms with van der Waals surface area (Å²) in [6.07, 6.45) is 1.36. The summed E-state index contributed by atoms with van der Waals surface area (Å²) < 4.78 is 12.2. The van der Waals surface area contributed by atoms with Crippen LogP contribution in [0.5, 0.6) is 5.75 Å². The number of amides is 1. The van der Waals surface area contributed by atoms with Gasteiger partial charge in [-0.05, 0) is 50.6 Å². The molecule has 0 aliphatic carbocycles. The van der Waals surface area contributed by atoms with E-state index in [4.69, 9.17) is 9.47 Å². The molecule has 8 nitrogen and oxygen atoms in total. The van der Waals surface area contributed by atoms with Crippen molar-refractivity contribution in [3.05, 3.63) is 77.5 Å². The van der Waals surface area contributed by atoms with Crippen LogP contribution in [-0.2, 0) is 9.53 Å². The Morgan fingerprint density at radius 2 is 1.88 bits per heavy atom. The predicted molar refractivity (Wildman–Crippen MR) is 125 cm³/mol. The number of hydrogen-bond donors (Lipinski definition) is 1. The fourth-order valence-electron chi connectivity index (χ4n) is 3.45. The van der Waals surface area contributed by atoms with Crippen molar-refractivity contribution >= 4 is 28.6 Å². The molecule has 1 amide bonds. The van der Waals surface area contributed by atoms with Gasteiger partial charge in [-0.25, -0.2) is 9.78 Å². The van der Waals surface area contributed by atoms with Crippen molar-refractivity contribution in [2.75, 3.05) is 18.5 Å². The maximum atomic E-state index is 12.7. The molecule has 0 radical (unpaired) electrons. The second-order valence-corrected chi connectivity index (χ2v) is 7.51. The van der Waals surface area contributed by atoms with Crippen LogP contribution in [-0.4, -0.2) is 39.9 Å². The van der Waals surface area contributed by atoms with Crippen molar-refractivity contribution in [1.82, 2.24) is 14.8 Å². The van der Waals surface area contributed by atoms with Crippen molar-refractivity contribution < 1.29 is 19.1 Å². The van der Waals surface area contributed by atoms with E-state index in [1.54, 1.807) is 13.0 Å². The zero-order valence-corrected chi connectivity index (χ0v) is 18.7. The second kappa shape index (κ2) is 9.52. The lowest BCUT2D eigenvalue weighted by molar-refractivity contribution is -0.118. The van der Waals surface area contributed by atoms with Crippen molar-refractivity contribution in [3.63, 3.8) is 0 Å². The number of fused-ring (bicyclic) bond motifs is 1. The molecule has 0 bridgehead atoms. The second-order valence-electron chi connectivity index (χ2n) is 7.51. The average Bonchev–Trinajstić information content (AvgIpc) is 3.21. The topological polar surface area (TPSA) is 95.3 Å². The Kier molecular flexibility index (Phi) is 6.35. The predicted octanol–water partition coefficient (Wildman–Crippen LogP) is 4.23. The van der Waals surface area contributed by atoms with Gasteiger partial charge in [-0.2, -0.15) is 9.78 Å². The van der Waals surface area contributed by atoms with Crippen LogP contribution in [0.1, 0.15) is 28.4 Å². The zero-order valence-electron chi connectivity index (χ0n) is 18.7. The molecule has 8 heteroatoms. The number of benzene rings is 2. The summed E-state index contributed by atoms with van der Waals surface area (Å²) in [6, 6.07) is 17.0. The summed E-state index contributed by atoms with van der Waals surface area (Å²) in [6.45, 7) is 5.58. The molecule has 33 heavy (non-hydrogen) atoms. The number of ether oxygens (including phenoxy) is 2. The largest absolute Gasteiger partial charge is 0.483 e. The van der Waals surface area contributed by atoms with E-state index in [-0.39, 0.29) is 24.6 Å². The number of carbonyl (C=O) groups is 2.